The van der Waals surface area contributed by atoms with Crippen LogP contribution < -0.4 is 16.0 Å². The monoisotopic (exact) mass is 333 g/mol. The lowest BCUT2D eigenvalue weighted by Crippen LogP contribution is -2.30. The second-order valence-electron chi connectivity index (χ2n) is 4.71. The summed E-state index contributed by atoms with van der Waals surface area (Å²) in [6, 6.07) is 7.30. The largest absolute Gasteiger partial charge is 0.497 e. The molecule has 3 aromatic rings. The lowest BCUT2D eigenvalue weighted by Gasteiger charge is -2.02. The molecule has 0 radical (unpaired) electrons. The molecule has 23 heavy (non-hydrogen) atoms. The van der Waals surface area contributed by atoms with Crippen LogP contribution in [0.5, 0.6) is 5.75 Å². The van der Waals surface area contributed by atoms with E-state index in [1.165, 1.54) is 10.8 Å². The summed E-state index contributed by atoms with van der Waals surface area (Å²) in [5, 5.41) is -0.0773. The smallest absolute Gasteiger partial charge is 0.328 e. The number of halogens is 1. The molecule has 0 atom stereocenters. The van der Waals surface area contributed by atoms with E-state index in [2.05, 4.69) is 9.97 Å². The summed E-state index contributed by atoms with van der Waals surface area (Å²) in [7, 11) is 1.59. The minimum Gasteiger partial charge on any atom is -0.497 e. The van der Waals surface area contributed by atoms with Crippen molar-refractivity contribution in [2.24, 2.45) is 0 Å². The molecular formula is C15H12ClN3O4. The van der Waals surface area contributed by atoms with Gasteiger partial charge >= 0.3 is 5.69 Å². The van der Waals surface area contributed by atoms with Crippen LogP contribution in [0.1, 0.15) is 5.89 Å². The van der Waals surface area contributed by atoms with E-state index >= 15 is 0 Å². The number of H-pyrrole nitrogens is 1. The van der Waals surface area contributed by atoms with E-state index in [1.807, 2.05) is 24.3 Å². The van der Waals surface area contributed by atoms with E-state index < -0.39 is 11.2 Å². The zero-order chi connectivity index (χ0) is 16.4. The number of oxazole rings is 1. The van der Waals surface area contributed by atoms with Gasteiger partial charge in [0.05, 0.1) is 13.3 Å². The van der Waals surface area contributed by atoms with Gasteiger partial charge in [0, 0.05) is 11.8 Å². The van der Waals surface area contributed by atoms with Crippen LogP contribution in [0.3, 0.4) is 0 Å². The summed E-state index contributed by atoms with van der Waals surface area (Å²) in [6.07, 6.45) is 2.81. The predicted octanol–water partition coefficient (Wildman–Crippen LogP) is 1.90. The number of aromatic amines is 1. The van der Waals surface area contributed by atoms with E-state index in [4.69, 9.17) is 20.8 Å². The van der Waals surface area contributed by atoms with Gasteiger partial charge in [0.2, 0.25) is 5.89 Å². The SMILES string of the molecule is COc1ccc(-c2cnc(Cn3cc(Cl)c(=O)[nH]c3=O)o2)cc1. The Labute approximate surface area is 135 Å². The van der Waals surface area contributed by atoms with Crippen molar-refractivity contribution in [1.82, 2.24) is 14.5 Å². The number of rotatable bonds is 4. The fraction of sp³-hybridized carbons (Fsp3) is 0.133. The first-order valence-corrected chi connectivity index (χ1v) is 7.03. The first-order valence-electron chi connectivity index (χ1n) is 6.65. The molecule has 0 fully saturated rings. The van der Waals surface area contributed by atoms with Crippen LogP contribution in [0.15, 0.2) is 50.7 Å². The lowest BCUT2D eigenvalue weighted by molar-refractivity contribution is 0.415. The first-order chi connectivity index (χ1) is 11.1. The molecule has 0 bridgehead atoms. The van der Waals surface area contributed by atoms with Crippen LogP contribution in [-0.2, 0) is 6.54 Å². The van der Waals surface area contributed by atoms with Crippen LogP contribution in [0.2, 0.25) is 5.02 Å². The number of hydrogen-bond donors (Lipinski definition) is 1. The van der Waals surface area contributed by atoms with Gasteiger partial charge in [-0.15, -0.1) is 0 Å². The number of aromatic nitrogens is 3. The molecule has 0 aliphatic rings. The molecule has 0 unspecified atom stereocenters. The third-order valence-electron chi connectivity index (χ3n) is 3.20. The number of ether oxygens (including phenoxy) is 1. The van der Waals surface area contributed by atoms with Crippen LogP contribution in [-0.4, -0.2) is 21.6 Å². The van der Waals surface area contributed by atoms with Gasteiger partial charge in [-0.3, -0.25) is 14.3 Å². The molecule has 3 rings (SSSR count). The molecule has 0 saturated carbocycles. The Morgan fingerprint density at radius 1 is 1.30 bits per heavy atom. The van der Waals surface area contributed by atoms with Gasteiger partial charge in [-0.05, 0) is 24.3 Å². The minimum atomic E-state index is -0.626. The third kappa shape index (κ3) is 3.19. The number of nitrogens with one attached hydrogen (secondary N) is 1. The average molecular weight is 334 g/mol. The van der Waals surface area contributed by atoms with Crippen LogP contribution in [0, 0.1) is 0 Å². The highest BCUT2D eigenvalue weighted by atomic mass is 35.5. The molecule has 0 aliphatic heterocycles. The second kappa shape index (κ2) is 6.13. The number of hydrogen-bond acceptors (Lipinski definition) is 5. The molecule has 8 heteroatoms. The average Bonchev–Trinajstić information content (AvgIpc) is 3.01. The van der Waals surface area contributed by atoms with Crippen molar-refractivity contribution in [3.8, 4) is 17.1 Å². The zero-order valence-corrected chi connectivity index (χ0v) is 12.8. The van der Waals surface area contributed by atoms with Crippen LogP contribution in [0.4, 0.5) is 0 Å². The summed E-state index contributed by atoms with van der Waals surface area (Å²) in [6.45, 7) is 0.0610. The van der Waals surface area contributed by atoms with E-state index in [1.54, 1.807) is 13.3 Å². The molecule has 0 saturated heterocycles. The molecule has 0 aliphatic carbocycles. The fourth-order valence-corrected chi connectivity index (χ4v) is 2.18. The summed E-state index contributed by atoms with van der Waals surface area (Å²) >= 11 is 5.72. The Morgan fingerprint density at radius 2 is 2.04 bits per heavy atom. The maximum atomic E-state index is 11.7. The Kier molecular flexibility index (Phi) is 4.03. The predicted molar refractivity (Wildman–Crippen MR) is 83.9 cm³/mol. The van der Waals surface area contributed by atoms with Gasteiger partial charge in [0.1, 0.15) is 17.3 Å². The Hall–Kier alpha value is -2.80. The van der Waals surface area contributed by atoms with Crippen molar-refractivity contribution in [2.75, 3.05) is 7.11 Å². The maximum Gasteiger partial charge on any atom is 0.328 e. The molecule has 2 heterocycles. The highest BCUT2D eigenvalue weighted by Crippen LogP contribution is 2.23. The Balaban J connectivity index is 1.86. The first kappa shape index (κ1) is 15.1. The van der Waals surface area contributed by atoms with E-state index in [9.17, 15) is 9.59 Å². The summed E-state index contributed by atoms with van der Waals surface area (Å²) in [5.41, 5.74) is -0.376. The van der Waals surface area contributed by atoms with E-state index in [0.717, 1.165) is 11.3 Å². The van der Waals surface area contributed by atoms with Gasteiger partial charge in [-0.25, -0.2) is 9.78 Å². The highest BCUT2D eigenvalue weighted by molar-refractivity contribution is 6.30. The minimum absolute atomic E-state index is 0.0610. The Morgan fingerprint density at radius 3 is 2.74 bits per heavy atom. The molecule has 118 valence electrons. The summed E-state index contributed by atoms with van der Waals surface area (Å²) < 4.78 is 11.9. The van der Waals surface area contributed by atoms with Gasteiger partial charge in [0.15, 0.2) is 5.76 Å². The molecule has 1 aromatic carbocycles. The third-order valence-corrected chi connectivity index (χ3v) is 3.47. The summed E-state index contributed by atoms with van der Waals surface area (Å²) in [5.74, 6) is 1.62. The number of methoxy groups -OCH3 is 1. The van der Waals surface area contributed by atoms with Gasteiger partial charge in [-0.2, -0.15) is 0 Å². The van der Waals surface area contributed by atoms with E-state index in [0.29, 0.717) is 11.7 Å². The molecule has 0 amide bonds. The topological polar surface area (TPSA) is 90.1 Å². The van der Waals surface area contributed by atoms with Crippen molar-refractivity contribution >= 4 is 11.6 Å². The standard InChI is InChI=1S/C15H12ClN3O4/c1-22-10-4-2-9(3-5-10)12-6-17-13(23-12)8-19-7-11(16)14(20)18-15(19)21/h2-7H,8H2,1H3,(H,18,20,21). The van der Waals surface area contributed by atoms with Gasteiger partial charge < -0.3 is 9.15 Å². The van der Waals surface area contributed by atoms with Crippen molar-refractivity contribution in [1.29, 1.82) is 0 Å². The number of nitrogens with zero attached hydrogens (tertiary/aromatic N) is 2. The molecule has 0 spiro atoms. The second-order valence-corrected chi connectivity index (χ2v) is 5.12. The number of benzene rings is 1. The highest BCUT2D eigenvalue weighted by Gasteiger charge is 2.09. The molecule has 7 nitrogen and oxygen atoms in total. The van der Waals surface area contributed by atoms with Crippen molar-refractivity contribution < 1.29 is 9.15 Å². The maximum absolute atomic E-state index is 11.7. The zero-order valence-electron chi connectivity index (χ0n) is 12.1. The molecular weight excluding hydrogens is 322 g/mol. The van der Waals surface area contributed by atoms with Crippen LogP contribution in [0.25, 0.3) is 11.3 Å². The lowest BCUT2D eigenvalue weighted by atomic mass is 10.2. The van der Waals surface area contributed by atoms with Crippen molar-refractivity contribution in [2.45, 2.75) is 6.54 Å². The van der Waals surface area contributed by atoms with Crippen molar-refractivity contribution in [3.63, 3.8) is 0 Å². The molecule has 2 aromatic heterocycles. The van der Waals surface area contributed by atoms with Crippen LogP contribution >= 0.6 is 11.6 Å². The quantitative estimate of drug-likeness (QED) is 0.787. The van der Waals surface area contributed by atoms with Gasteiger partial charge in [-0.1, -0.05) is 11.6 Å². The fourth-order valence-electron chi connectivity index (χ4n) is 2.02. The Bertz CT molecular complexity index is 940. The molecule has 1 N–H and O–H groups in total. The van der Waals surface area contributed by atoms with Gasteiger partial charge in [0.25, 0.3) is 5.56 Å². The summed E-state index contributed by atoms with van der Waals surface area (Å²) in [4.78, 5) is 29.2. The normalized spacial score (nSPS) is 10.7. The van der Waals surface area contributed by atoms with Crippen molar-refractivity contribution in [3.05, 3.63) is 68.4 Å². The van der Waals surface area contributed by atoms with E-state index in [-0.39, 0.29) is 11.6 Å².